The Morgan fingerprint density at radius 2 is 2.13 bits per heavy atom. The number of ether oxygens (including phenoxy) is 2. The molecule has 0 amide bonds. The van der Waals surface area contributed by atoms with E-state index in [0.29, 0.717) is 11.2 Å². The van der Waals surface area contributed by atoms with Gasteiger partial charge in [0.05, 0.1) is 6.33 Å². The van der Waals surface area contributed by atoms with E-state index in [9.17, 15) is 15.0 Å². The van der Waals surface area contributed by atoms with Crippen LogP contribution in [0.5, 0.6) is 0 Å². The van der Waals surface area contributed by atoms with Crippen LogP contribution in [0.25, 0.3) is 11.2 Å². The van der Waals surface area contributed by atoms with Crippen LogP contribution in [0.4, 0.5) is 5.82 Å². The number of rotatable bonds is 4. The highest BCUT2D eigenvalue weighted by Crippen LogP contribution is 2.33. The normalized spacial score (nSPS) is 29.0. The van der Waals surface area contributed by atoms with E-state index >= 15 is 0 Å². The van der Waals surface area contributed by atoms with Crippen molar-refractivity contribution in [1.82, 2.24) is 19.5 Å². The van der Waals surface area contributed by atoms with Crippen molar-refractivity contribution >= 4 is 23.0 Å². The molecule has 124 valence electrons. The maximum absolute atomic E-state index is 11.2. The Kier molecular flexibility index (Phi) is 3.85. The SMILES string of the molecule is COC(C(=O)O)[C@H]1O[C@@H](n2cnc3c(N)ncnc32)[C@H](O)[C@@H]1O. The average molecular weight is 325 g/mol. The Morgan fingerprint density at radius 3 is 2.78 bits per heavy atom. The zero-order chi connectivity index (χ0) is 16.7. The lowest BCUT2D eigenvalue weighted by Crippen LogP contribution is -2.43. The lowest BCUT2D eigenvalue weighted by Gasteiger charge is -2.20. The van der Waals surface area contributed by atoms with E-state index in [0.717, 1.165) is 0 Å². The number of carbonyl (C=O) groups is 1. The van der Waals surface area contributed by atoms with Gasteiger partial charge < -0.3 is 30.5 Å². The Bertz CT molecular complexity index is 736. The summed E-state index contributed by atoms with van der Waals surface area (Å²) in [6, 6.07) is 0. The molecule has 0 radical (unpaired) electrons. The van der Waals surface area contributed by atoms with Gasteiger partial charge in [-0.2, -0.15) is 0 Å². The molecule has 1 fully saturated rings. The van der Waals surface area contributed by atoms with Crippen molar-refractivity contribution in [3.8, 4) is 0 Å². The third-order valence-corrected chi connectivity index (χ3v) is 3.73. The number of nitrogen functional groups attached to an aromatic ring is 1. The fourth-order valence-electron chi connectivity index (χ4n) is 2.60. The largest absolute Gasteiger partial charge is 0.479 e. The monoisotopic (exact) mass is 325 g/mol. The smallest absolute Gasteiger partial charge is 0.335 e. The van der Waals surface area contributed by atoms with Crippen LogP contribution in [0.3, 0.4) is 0 Å². The summed E-state index contributed by atoms with van der Waals surface area (Å²) in [6.45, 7) is 0. The van der Waals surface area contributed by atoms with Gasteiger partial charge >= 0.3 is 5.97 Å². The van der Waals surface area contributed by atoms with Gasteiger partial charge in [-0.15, -0.1) is 0 Å². The summed E-state index contributed by atoms with van der Waals surface area (Å²) in [5.41, 5.74) is 6.29. The number of hydrogen-bond donors (Lipinski definition) is 4. The third kappa shape index (κ3) is 2.39. The van der Waals surface area contributed by atoms with Gasteiger partial charge in [-0.05, 0) is 0 Å². The highest BCUT2D eigenvalue weighted by atomic mass is 16.6. The molecule has 1 unspecified atom stereocenters. The first kappa shape index (κ1) is 15.6. The van der Waals surface area contributed by atoms with Gasteiger partial charge in [0.25, 0.3) is 0 Å². The van der Waals surface area contributed by atoms with Crippen molar-refractivity contribution < 1.29 is 29.6 Å². The van der Waals surface area contributed by atoms with E-state index in [1.54, 1.807) is 0 Å². The van der Waals surface area contributed by atoms with Crippen molar-refractivity contribution in [2.45, 2.75) is 30.6 Å². The number of methoxy groups -OCH3 is 1. The Hall–Kier alpha value is -2.34. The number of carboxylic acid groups (broad SMARTS) is 1. The van der Waals surface area contributed by atoms with Crippen molar-refractivity contribution in [2.75, 3.05) is 12.8 Å². The number of anilines is 1. The van der Waals surface area contributed by atoms with Gasteiger partial charge in [-0.1, -0.05) is 0 Å². The summed E-state index contributed by atoms with van der Waals surface area (Å²) in [5.74, 6) is -1.16. The molecule has 3 rings (SSSR count). The molecule has 11 heteroatoms. The molecule has 5 atom stereocenters. The van der Waals surface area contributed by atoms with Crippen LogP contribution in [-0.2, 0) is 14.3 Å². The van der Waals surface area contributed by atoms with E-state index in [2.05, 4.69) is 15.0 Å². The van der Waals surface area contributed by atoms with Gasteiger partial charge in [-0.25, -0.2) is 19.7 Å². The summed E-state index contributed by atoms with van der Waals surface area (Å²) in [4.78, 5) is 23.0. The molecule has 23 heavy (non-hydrogen) atoms. The quantitative estimate of drug-likeness (QED) is 0.500. The number of hydrogen-bond acceptors (Lipinski definition) is 9. The number of aliphatic hydroxyl groups excluding tert-OH is 2. The highest BCUT2D eigenvalue weighted by molar-refractivity contribution is 5.81. The number of nitrogens with two attached hydrogens (primary N) is 1. The first-order valence-electron chi connectivity index (χ1n) is 6.66. The molecular weight excluding hydrogens is 310 g/mol. The number of fused-ring (bicyclic) bond motifs is 1. The van der Waals surface area contributed by atoms with E-state index in [1.807, 2.05) is 0 Å². The molecule has 11 nitrogen and oxygen atoms in total. The fourth-order valence-corrected chi connectivity index (χ4v) is 2.60. The van der Waals surface area contributed by atoms with E-state index in [-0.39, 0.29) is 5.82 Å². The second-order valence-corrected chi connectivity index (χ2v) is 5.05. The van der Waals surface area contributed by atoms with Gasteiger partial charge in [0.2, 0.25) is 0 Å². The van der Waals surface area contributed by atoms with Crippen molar-refractivity contribution in [2.24, 2.45) is 0 Å². The summed E-state index contributed by atoms with van der Waals surface area (Å²) in [6.07, 6.45) is -4.09. The predicted octanol–water partition coefficient (Wildman–Crippen LogP) is -1.87. The van der Waals surface area contributed by atoms with Gasteiger partial charge in [0, 0.05) is 7.11 Å². The maximum atomic E-state index is 11.2. The highest BCUT2D eigenvalue weighted by Gasteiger charge is 2.50. The second kappa shape index (κ2) is 5.70. The molecule has 1 aliphatic rings. The number of nitrogens with zero attached hydrogens (tertiary/aromatic N) is 4. The van der Waals surface area contributed by atoms with Gasteiger partial charge in [0.1, 0.15) is 30.2 Å². The minimum Gasteiger partial charge on any atom is -0.479 e. The van der Waals surface area contributed by atoms with Crippen LogP contribution in [0, 0.1) is 0 Å². The summed E-state index contributed by atoms with van der Waals surface area (Å²) < 4.78 is 11.7. The van der Waals surface area contributed by atoms with Crippen molar-refractivity contribution in [3.63, 3.8) is 0 Å². The number of aromatic nitrogens is 4. The summed E-state index contributed by atoms with van der Waals surface area (Å²) >= 11 is 0. The lowest BCUT2D eigenvalue weighted by atomic mass is 10.1. The maximum Gasteiger partial charge on any atom is 0.335 e. The molecule has 1 saturated heterocycles. The summed E-state index contributed by atoms with van der Waals surface area (Å²) in [7, 11) is 1.18. The first-order valence-corrected chi connectivity index (χ1v) is 6.66. The van der Waals surface area contributed by atoms with Crippen LogP contribution >= 0.6 is 0 Å². The lowest BCUT2D eigenvalue weighted by molar-refractivity contribution is -0.163. The van der Waals surface area contributed by atoms with Crippen LogP contribution in [0.2, 0.25) is 0 Å². The molecule has 0 bridgehead atoms. The fraction of sp³-hybridized carbons (Fsp3) is 0.500. The number of aliphatic carboxylic acids is 1. The van der Waals surface area contributed by atoms with Crippen LogP contribution in [-0.4, -0.2) is 72.3 Å². The molecule has 0 saturated carbocycles. The average Bonchev–Trinajstić information content (AvgIpc) is 3.05. The van der Waals surface area contributed by atoms with Gasteiger partial charge in [0.15, 0.2) is 23.8 Å². The number of aliphatic hydroxyl groups is 2. The number of carboxylic acids is 1. The zero-order valence-corrected chi connectivity index (χ0v) is 12.0. The molecule has 2 aromatic rings. The Balaban J connectivity index is 1.97. The van der Waals surface area contributed by atoms with Crippen molar-refractivity contribution in [3.05, 3.63) is 12.7 Å². The Morgan fingerprint density at radius 1 is 1.39 bits per heavy atom. The second-order valence-electron chi connectivity index (χ2n) is 5.05. The molecule has 5 N–H and O–H groups in total. The molecule has 0 aliphatic carbocycles. The molecule has 0 spiro atoms. The molecule has 3 heterocycles. The molecule has 1 aliphatic heterocycles. The van der Waals surface area contributed by atoms with E-state index < -0.39 is 36.6 Å². The topological polar surface area (TPSA) is 166 Å². The Labute approximate surface area is 129 Å². The molecular formula is C12H15N5O6. The van der Waals surface area contributed by atoms with Crippen molar-refractivity contribution in [1.29, 1.82) is 0 Å². The van der Waals surface area contributed by atoms with E-state index in [4.69, 9.17) is 20.3 Å². The molecule has 2 aromatic heterocycles. The molecule has 0 aromatic carbocycles. The zero-order valence-electron chi connectivity index (χ0n) is 12.0. The first-order chi connectivity index (χ1) is 11.0. The minimum atomic E-state index is -1.46. The van der Waals surface area contributed by atoms with Crippen LogP contribution < -0.4 is 5.73 Å². The van der Waals surface area contributed by atoms with Crippen LogP contribution in [0.15, 0.2) is 12.7 Å². The summed E-state index contributed by atoms with van der Waals surface area (Å²) in [5, 5.41) is 29.4. The van der Waals surface area contributed by atoms with E-state index in [1.165, 1.54) is 24.3 Å². The predicted molar refractivity (Wildman–Crippen MR) is 74.1 cm³/mol. The van der Waals surface area contributed by atoms with Crippen LogP contribution in [0.1, 0.15) is 6.23 Å². The number of imidazole rings is 1. The minimum absolute atomic E-state index is 0.152. The third-order valence-electron chi connectivity index (χ3n) is 3.73. The standard InChI is InChI=1S/C12H15N5O6/c1-22-8(12(20)21)7-5(18)6(19)11(23-7)17-3-16-4-9(13)14-2-15-10(4)17/h2-3,5-8,11,18-19H,1H3,(H,20,21)(H2,13,14,15)/t5-,6+,7-,8?,11+/m0/s1. The van der Waals surface area contributed by atoms with Gasteiger partial charge in [-0.3, -0.25) is 4.57 Å².